The average Bonchev–Trinajstić information content (AvgIpc) is 2.43. The highest BCUT2D eigenvalue weighted by Crippen LogP contribution is 2.25. The van der Waals surface area contributed by atoms with Crippen molar-refractivity contribution in [3.8, 4) is 0 Å². The number of anilines is 2. The second-order valence-electron chi connectivity index (χ2n) is 4.04. The molecule has 2 rings (SSSR count). The number of aromatic nitrogens is 1. The Balaban J connectivity index is 2.25. The van der Waals surface area contributed by atoms with Gasteiger partial charge in [0.05, 0.1) is 10.7 Å². The molecule has 0 saturated heterocycles. The van der Waals surface area contributed by atoms with Gasteiger partial charge in [0.1, 0.15) is 11.5 Å². The zero-order valence-corrected chi connectivity index (χ0v) is 11.5. The number of hydrogen-bond acceptors (Lipinski definition) is 3. The molecule has 1 aromatic carbocycles. The first kappa shape index (κ1) is 13.4. The second kappa shape index (κ2) is 5.71. The maximum absolute atomic E-state index is 12.1. The van der Waals surface area contributed by atoms with E-state index in [9.17, 15) is 4.79 Å². The molecule has 5 heteroatoms. The summed E-state index contributed by atoms with van der Waals surface area (Å²) in [5.41, 5.74) is 1.86. The van der Waals surface area contributed by atoms with E-state index in [4.69, 9.17) is 11.6 Å². The molecule has 0 bridgehead atoms. The van der Waals surface area contributed by atoms with Gasteiger partial charge >= 0.3 is 0 Å². The molecule has 1 amide bonds. The van der Waals surface area contributed by atoms with E-state index in [2.05, 4.69) is 15.6 Å². The van der Waals surface area contributed by atoms with Crippen molar-refractivity contribution in [2.75, 3.05) is 17.7 Å². The summed E-state index contributed by atoms with van der Waals surface area (Å²) in [5.74, 6) is 0.358. The van der Waals surface area contributed by atoms with Crippen molar-refractivity contribution in [3.05, 3.63) is 52.7 Å². The lowest BCUT2D eigenvalue weighted by Crippen LogP contribution is -2.15. The Bertz CT molecular complexity index is 593. The monoisotopic (exact) mass is 275 g/mol. The summed E-state index contributed by atoms with van der Waals surface area (Å²) in [5, 5.41) is 6.19. The number of hydrogen-bond donors (Lipinski definition) is 2. The molecule has 0 atom stereocenters. The summed E-state index contributed by atoms with van der Waals surface area (Å²) < 4.78 is 0. The number of pyridine rings is 1. The number of rotatable bonds is 3. The molecular weight excluding hydrogens is 262 g/mol. The maximum atomic E-state index is 12.1. The van der Waals surface area contributed by atoms with E-state index in [0.717, 1.165) is 5.56 Å². The number of halogens is 1. The third-order valence-corrected chi connectivity index (χ3v) is 3.01. The molecular formula is C14H14ClN3O. The number of carbonyl (C=O) groups excluding carboxylic acids is 1. The molecule has 0 aliphatic rings. The van der Waals surface area contributed by atoms with E-state index in [0.29, 0.717) is 22.2 Å². The van der Waals surface area contributed by atoms with Gasteiger partial charge in [0.15, 0.2) is 0 Å². The topological polar surface area (TPSA) is 54.0 Å². The van der Waals surface area contributed by atoms with Crippen LogP contribution in [0.25, 0.3) is 0 Å². The molecule has 1 heterocycles. The van der Waals surface area contributed by atoms with Crippen LogP contribution in [0.3, 0.4) is 0 Å². The molecule has 98 valence electrons. The largest absolute Gasteiger partial charge is 0.373 e. The molecule has 4 nitrogen and oxygen atoms in total. The van der Waals surface area contributed by atoms with Crippen molar-refractivity contribution in [2.45, 2.75) is 6.92 Å². The predicted octanol–water partition coefficient (Wildman–Crippen LogP) is 3.34. The molecule has 0 spiro atoms. The number of nitrogens with zero attached hydrogens (tertiary/aromatic N) is 1. The van der Waals surface area contributed by atoms with Crippen LogP contribution >= 0.6 is 11.6 Å². The fourth-order valence-corrected chi connectivity index (χ4v) is 1.94. The predicted molar refractivity (Wildman–Crippen MR) is 77.9 cm³/mol. The zero-order chi connectivity index (χ0) is 13.8. The summed E-state index contributed by atoms with van der Waals surface area (Å²) in [6.07, 6.45) is 0. The van der Waals surface area contributed by atoms with E-state index < -0.39 is 0 Å². The van der Waals surface area contributed by atoms with Crippen LogP contribution in [0.1, 0.15) is 16.1 Å². The van der Waals surface area contributed by atoms with Gasteiger partial charge in [-0.05, 0) is 30.7 Å². The molecule has 0 aliphatic heterocycles. The van der Waals surface area contributed by atoms with Gasteiger partial charge in [-0.15, -0.1) is 0 Å². The standard InChI is InChI=1S/C14H14ClN3O/c1-9-5-3-6-10(15)13(9)18-14(19)11-7-4-8-12(16-2)17-11/h3-8H,1-2H3,(H,16,17)(H,18,19). The highest BCUT2D eigenvalue weighted by atomic mass is 35.5. The van der Waals surface area contributed by atoms with Gasteiger partial charge < -0.3 is 10.6 Å². The Labute approximate surface area is 116 Å². The van der Waals surface area contributed by atoms with Crippen molar-refractivity contribution in [2.24, 2.45) is 0 Å². The lowest BCUT2D eigenvalue weighted by Gasteiger charge is -2.10. The molecule has 0 aliphatic carbocycles. The molecule has 2 N–H and O–H groups in total. The van der Waals surface area contributed by atoms with E-state index in [1.54, 1.807) is 31.3 Å². The van der Waals surface area contributed by atoms with E-state index in [-0.39, 0.29) is 5.91 Å². The Kier molecular flexibility index (Phi) is 4.02. The molecule has 0 saturated carbocycles. The van der Waals surface area contributed by atoms with Crippen molar-refractivity contribution in [1.82, 2.24) is 4.98 Å². The summed E-state index contributed by atoms with van der Waals surface area (Å²) >= 11 is 6.07. The van der Waals surface area contributed by atoms with Crippen LogP contribution in [0.4, 0.5) is 11.5 Å². The van der Waals surface area contributed by atoms with Gasteiger partial charge in [-0.2, -0.15) is 0 Å². The fraction of sp³-hybridized carbons (Fsp3) is 0.143. The molecule has 2 aromatic rings. The number of para-hydroxylation sites is 1. The minimum atomic E-state index is -0.284. The van der Waals surface area contributed by atoms with Crippen molar-refractivity contribution in [3.63, 3.8) is 0 Å². The average molecular weight is 276 g/mol. The Hall–Kier alpha value is -2.07. The number of nitrogens with one attached hydrogen (secondary N) is 2. The third kappa shape index (κ3) is 3.03. The number of aryl methyl sites for hydroxylation is 1. The minimum Gasteiger partial charge on any atom is -0.373 e. The number of carbonyl (C=O) groups is 1. The van der Waals surface area contributed by atoms with Crippen molar-refractivity contribution >= 4 is 29.0 Å². The van der Waals surface area contributed by atoms with Crippen molar-refractivity contribution < 1.29 is 4.79 Å². The molecule has 19 heavy (non-hydrogen) atoms. The van der Waals surface area contributed by atoms with Gasteiger partial charge in [0.25, 0.3) is 5.91 Å². The zero-order valence-electron chi connectivity index (χ0n) is 10.7. The lowest BCUT2D eigenvalue weighted by molar-refractivity contribution is 0.102. The first-order valence-electron chi connectivity index (χ1n) is 5.83. The quantitative estimate of drug-likeness (QED) is 0.903. The highest BCUT2D eigenvalue weighted by Gasteiger charge is 2.11. The summed E-state index contributed by atoms with van der Waals surface area (Å²) in [6.45, 7) is 1.89. The Morgan fingerprint density at radius 3 is 2.63 bits per heavy atom. The van der Waals surface area contributed by atoms with Gasteiger partial charge in [-0.3, -0.25) is 4.79 Å². The number of amides is 1. The van der Waals surface area contributed by atoms with E-state index >= 15 is 0 Å². The van der Waals surface area contributed by atoms with Gasteiger partial charge in [-0.25, -0.2) is 4.98 Å². The second-order valence-corrected chi connectivity index (χ2v) is 4.45. The van der Waals surface area contributed by atoms with Gasteiger partial charge in [-0.1, -0.05) is 29.8 Å². The number of benzene rings is 1. The van der Waals surface area contributed by atoms with Crippen LogP contribution in [0.5, 0.6) is 0 Å². The van der Waals surface area contributed by atoms with Crippen LogP contribution in [0.2, 0.25) is 5.02 Å². The molecule has 0 radical (unpaired) electrons. The minimum absolute atomic E-state index is 0.284. The highest BCUT2D eigenvalue weighted by molar-refractivity contribution is 6.34. The fourth-order valence-electron chi connectivity index (χ4n) is 1.67. The smallest absolute Gasteiger partial charge is 0.274 e. The molecule has 1 aromatic heterocycles. The van der Waals surface area contributed by atoms with Crippen LogP contribution in [0.15, 0.2) is 36.4 Å². The first-order chi connectivity index (χ1) is 9.11. The normalized spacial score (nSPS) is 10.1. The van der Waals surface area contributed by atoms with E-state index in [1.165, 1.54) is 0 Å². The summed E-state index contributed by atoms with van der Waals surface area (Å²) in [6, 6.07) is 10.7. The van der Waals surface area contributed by atoms with Crippen LogP contribution in [-0.2, 0) is 0 Å². The van der Waals surface area contributed by atoms with Crippen molar-refractivity contribution in [1.29, 1.82) is 0 Å². The third-order valence-electron chi connectivity index (χ3n) is 2.70. The first-order valence-corrected chi connectivity index (χ1v) is 6.21. The maximum Gasteiger partial charge on any atom is 0.274 e. The lowest BCUT2D eigenvalue weighted by atomic mass is 10.2. The van der Waals surface area contributed by atoms with Crippen LogP contribution < -0.4 is 10.6 Å². The summed E-state index contributed by atoms with van der Waals surface area (Å²) in [7, 11) is 1.75. The molecule has 0 fully saturated rings. The Morgan fingerprint density at radius 1 is 1.21 bits per heavy atom. The van der Waals surface area contributed by atoms with Crippen LogP contribution in [-0.4, -0.2) is 17.9 Å². The SMILES string of the molecule is CNc1cccc(C(=O)Nc2c(C)cccc2Cl)n1. The van der Waals surface area contributed by atoms with Gasteiger partial charge in [0.2, 0.25) is 0 Å². The summed E-state index contributed by atoms with van der Waals surface area (Å²) in [4.78, 5) is 16.3. The van der Waals surface area contributed by atoms with Crippen LogP contribution in [0, 0.1) is 6.92 Å². The van der Waals surface area contributed by atoms with Gasteiger partial charge in [0, 0.05) is 7.05 Å². The molecule has 0 unspecified atom stereocenters. The Morgan fingerprint density at radius 2 is 1.95 bits per heavy atom. The van der Waals surface area contributed by atoms with E-state index in [1.807, 2.05) is 19.1 Å².